The van der Waals surface area contributed by atoms with Crippen LogP contribution in [0.4, 0.5) is 21.5 Å². The number of anilines is 3. The molecule has 1 unspecified atom stereocenters. The second kappa shape index (κ2) is 9.08. The first kappa shape index (κ1) is 23.7. The maximum atomic E-state index is 13.9. The van der Waals surface area contributed by atoms with Gasteiger partial charge >= 0.3 is 0 Å². The Balaban J connectivity index is 1.77. The molecule has 1 atom stereocenters. The van der Waals surface area contributed by atoms with Crippen molar-refractivity contribution in [2.75, 3.05) is 14.9 Å². The van der Waals surface area contributed by atoms with Gasteiger partial charge in [-0.3, -0.25) is 13.9 Å². The fraction of sp³-hybridized carbons (Fsp3) is 0.167. The van der Waals surface area contributed by atoms with Gasteiger partial charge in [0.2, 0.25) is 11.8 Å². The molecule has 2 N–H and O–H groups in total. The van der Waals surface area contributed by atoms with Crippen molar-refractivity contribution in [3.63, 3.8) is 0 Å². The Labute approximate surface area is 201 Å². The number of nitrogens with one attached hydrogen (secondary N) is 2. The van der Waals surface area contributed by atoms with Crippen LogP contribution in [0.5, 0.6) is 0 Å². The highest BCUT2D eigenvalue weighted by molar-refractivity contribution is 7.93. The molecule has 1 heterocycles. The van der Waals surface area contributed by atoms with Crippen LogP contribution in [0.1, 0.15) is 17.5 Å². The van der Waals surface area contributed by atoms with E-state index in [0.29, 0.717) is 16.8 Å². The molecule has 0 saturated carbocycles. The first-order valence-corrected chi connectivity index (χ1v) is 12.2. The van der Waals surface area contributed by atoms with E-state index in [4.69, 9.17) is 11.6 Å². The maximum absolute atomic E-state index is 13.9. The zero-order chi connectivity index (χ0) is 24.6. The number of aryl methyl sites for hydroxylation is 2. The number of hydrogen-bond acceptors (Lipinski definition) is 4. The van der Waals surface area contributed by atoms with E-state index in [9.17, 15) is 22.4 Å². The molecular formula is C24H21ClFN3O4S. The van der Waals surface area contributed by atoms with Crippen LogP contribution < -0.4 is 14.9 Å². The molecule has 1 aliphatic heterocycles. The van der Waals surface area contributed by atoms with E-state index in [2.05, 4.69) is 10.6 Å². The number of halogens is 2. The Morgan fingerprint density at radius 1 is 1.09 bits per heavy atom. The molecule has 2 amide bonds. The van der Waals surface area contributed by atoms with E-state index in [1.807, 2.05) is 0 Å². The van der Waals surface area contributed by atoms with E-state index < -0.39 is 40.1 Å². The van der Waals surface area contributed by atoms with Gasteiger partial charge in [0, 0.05) is 5.69 Å². The predicted octanol–water partition coefficient (Wildman–Crippen LogP) is 4.64. The number of carbonyl (C=O) groups excluding carboxylic acids is 2. The second-order valence-corrected chi connectivity index (χ2v) is 10.1. The number of carbonyl (C=O) groups is 2. The second-order valence-electron chi connectivity index (χ2n) is 7.92. The lowest BCUT2D eigenvalue weighted by Gasteiger charge is -2.37. The molecule has 0 bridgehead atoms. The Morgan fingerprint density at radius 3 is 2.56 bits per heavy atom. The Bertz CT molecular complexity index is 1390. The number of nitrogens with zero attached hydrogens (tertiary/aromatic N) is 1. The summed E-state index contributed by atoms with van der Waals surface area (Å²) in [6.07, 6.45) is -0.501. The van der Waals surface area contributed by atoms with E-state index in [0.717, 1.165) is 10.4 Å². The summed E-state index contributed by atoms with van der Waals surface area (Å²) < 4.78 is 42.3. The molecule has 0 aromatic heterocycles. The van der Waals surface area contributed by atoms with Gasteiger partial charge in [0.25, 0.3) is 10.0 Å². The molecule has 0 fully saturated rings. The molecule has 3 aromatic rings. The van der Waals surface area contributed by atoms with E-state index in [1.165, 1.54) is 18.2 Å². The Morgan fingerprint density at radius 2 is 1.82 bits per heavy atom. The largest absolute Gasteiger partial charge is 0.326 e. The summed E-state index contributed by atoms with van der Waals surface area (Å²) in [5.41, 5.74) is 1.75. The number of para-hydroxylation sites is 2. The standard InChI is InChI=1S/C24H21ClFN3O4S/c1-14-10-11-16(26)12-19(14)27-22(30)13-21-24(31)28-18-8-3-4-9-20(18)29(21)34(32,33)23-15(2)6-5-7-17(23)25/h3-12,21H,13H2,1-2H3,(H,27,30)(H,28,31). The van der Waals surface area contributed by atoms with Crippen LogP contribution in [0.15, 0.2) is 65.6 Å². The lowest BCUT2D eigenvalue weighted by atomic mass is 10.1. The SMILES string of the molecule is Cc1ccc(F)cc1NC(=O)CC1C(=O)Nc2ccccc2N1S(=O)(=O)c1c(C)cccc1Cl. The summed E-state index contributed by atoms with van der Waals surface area (Å²) in [5.74, 6) is -1.86. The number of benzene rings is 3. The number of rotatable bonds is 5. The predicted molar refractivity (Wildman–Crippen MR) is 129 cm³/mol. The molecule has 1 aliphatic rings. The number of fused-ring (bicyclic) bond motifs is 1. The molecule has 176 valence electrons. The molecule has 10 heteroatoms. The van der Waals surface area contributed by atoms with Crippen molar-refractivity contribution in [2.45, 2.75) is 31.2 Å². The van der Waals surface area contributed by atoms with Crippen LogP contribution >= 0.6 is 11.6 Å². The number of amides is 2. The van der Waals surface area contributed by atoms with Gasteiger partial charge < -0.3 is 10.6 Å². The topological polar surface area (TPSA) is 95.6 Å². The lowest BCUT2D eigenvalue weighted by Crippen LogP contribution is -2.52. The number of hydrogen-bond donors (Lipinski definition) is 2. The van der Waals surface area contributed by atoms with Gasteiger partial charge in [-0.1, -0.05) is 41.9 Å². The van der Waals surface area contributed by atoms with Crippen molar-refractivity contribution < 1.29 is 22.4 Å². The van der Waals surface area contributed by atoms with Gasteiger partial charge in [0.15, 0.2) is 0 Å². The average Bonchev–Trinajstić information content (AvgIpc) is 2.76. The normalized spacial score (nSPS) is 15.5. The van der Waals surface area contributed by atoms with Gasteiger partial charge in [-0.25, -0.2) is 12.8 Å². The molecule has 0 radical (unpaired) electrons. The minimum atomic E-state index is -4.35. The molecule has 7 nitrogen and oxygen atoms in total. The lowest BCUT2D eigenvalue weighted by molar-refractivity contribution is -0.122. The van der Waals surface area contributed by atoms with Crippen molar-refractivity contribution in [3.05, 3.63) is 82.6 Å². The van der Waals surface area contributed by atoms with Gasteiger partial charge in [-0.05, 0) is 55.3 Å². The monoisotopic (exact) mass is 501 g/mol. The molecule has 3 aromatic carbocycles. The van der Waals surface area contributed by atoms with Crippen molar-refractivity contribution in [1.82, 2.24) is 0 Å². The van der Waals surface area contributed by atoms with Crippen molar-refractivity contribution >= 4 is 50.5 Å². The highest BCUT2D eigenvalue weighted by Gasteiger charge is 2.43. The third-order valence-electron chi connectivity index (χ3n) is 5.52. The van der Waals surface area contributed by atoms with Crippen molar-refractivity contribution in [1.29, 1.82) is 0 Å². The molecule has 4 rings (SSSR count). The quantitative estimate of drug-likeness (QED) is 0.532. The van der Waals surface area contributed by atoms with Crippen LogP contribution in [0.2, 0.25) is 5.02 Å². The maximum Gasteiger partial charge on any atom is 0.266 e. The van der Waals surface area contributed by atoms with Crippen LogP contribution in [0.25, 0.3) is 0 Å². The highest BCUT2D eigenvalue weighted by atomic mass is 35.5. The molecule has 34 heavy (non-hydrogen) atoms. The first-order valence-electron chi connectivity index (χ1n) is 10.3. The Hall–Kier alpha value is -3.43. The van der Waals surface area contributed by atoms with Crippen LogP contribution in [-0.4, -0.2) is 26.3 Å². The van der Waals surface area contributed by atoms with E-state index >= 15 is 0 Å². The summed E-state index contributed by atoms with van der Waals surface area (Å²) in [6.45, 7) is 3.29. The fourth-order valence-corrected chi connectivity index (χ4v) is 6.31. The van der Waals surface area contributed by atoms with Crippen LogP contribution in [-0.2, 0) is 19.6 Å². The minimum absolute atomic E-state index is 0.00190. The zero-order valence-electron chi connectivity index (χ0n) is 18.3. The average molecular weight is 502 g/mol. The van der Waals surface area contributed by atoms with E-state index in [-0.39, 0.29) is 21.3 Å². The Kier molecular flexibility index (Phi) is 6.33. The zero-order valence-corrected chi connectivity index (χ0v) is 19.9. The number of sulfonamides is 1. The van der Waals surface area contributed by atoms with Gasteiger partial charge in [0.05, 0.1) is 22.8 Å². The third-order valence-corrected chi connectivity index (χ3v) is 7.97. The summed E-state index contributed by atoms with van der Waals surface area (Å²) in [4.78, 5) is 25.8. The van der Waals surface area contributed by atoms with Crippen LogP contribution in [0, 0.1) is 19.7 Å². The summed E-state index contributed by atoms with van der Waals surface area (Å²) in [7, 11) is -4.35. The summed E-state index contributed by atoms with van der Waals surface area (Å²) >= 11 is 6.27. The minimum Gasteiger partial charge on any atom is -0.326 e. The van der Waals surface area contributed by atoms with Gasteiger partial charge in [0.1, 0.15) is 16.8 Å². The highest BCUT2D eigenvalue weighted by Crippen LogP contribution is 2.39. The van der Waals surface area contributed by atoms with E-state index in [1.54, 1.807) is 50.2 Å². The smallest absolute Gasteiger partial charge is 0.266 e. The van der Waals surface area contributed by atoms with Gasteiger partial charge in [-0.15, -0.1) is 0 Å². The summed E-state index contributed by atoms with van der Waals surface area (Å²) in [5, 5.41) is 5.24. The fourth-order valence-electron chi connectivity index (χ4n) is 3.88. The molecule has 0 spiro atoms. The van der Waals surface area contributed by atoms with Crippen molar-refractivity contribution in [3.8, 4) is 0 Å². The molecule has 0 aliphatic carbocycles. The molecular weight excluding hydrogens is 481 g/mol. The van der Waals surface area contributed by atoms with Crippen LogP contribution in [0.3, 0.4) is 0 Å². The van der Waals surface area contributed by atoms with Gasteiger partial charge in [-0.2, -0.15) is 0 Å². The molecule has 0 saturated heterocycles. The van der Waals surface area contributed by atoms with Crippen molar-refractivity contribution in [2.24, 2.45) is 0 Å². The third kappa shape index (κ3) is 4.36. The summed E-state index contributed by atoms with van der Waals surface area (Å²) in [6, 6.07) is 13.6. The first-order chi connectivity index (χ1) is 16.1.